The lowest BCUT2D eigenvalue weighted by molar-refractivity contribution is 0.309. The van der Waals surface area contributed by atoms with Crippen LogP contribution >= 0.6 is 0 Å². The fourth-order valence-electron chi connectivity index (χ4n) is 1.77. The smallest absolute Gasteiger partial charge is 0.122 e. The van der Waals surface area contributed by atoms with Gasteiger partial charge < -0.3 is 10.1 Å². The standard InChI is InChI=1S/C15H25NO/c1-4-10-16-11-12-17-15-9-7-6-8-14(15)13(3)5-2/h6-9,13,16H,4-5,10-12H2,1-3H3. The van der Waals surface area contributed by atoms with Crippen LogP contribution in [0, 0.1) is 0 Å². The highest BCUT2D eigenvalue weighted by atomic mass is 16.5. The fraction of sp³-hybridized carbons (Fsp3) is 0.600. The van der Waals surface area contributed by atoms with Crippen molar-refractivity contribution in [1.82, 2.24) is 5.32 Å². The fourth-order valence-corrected chi connectivity index (χ4v) is 1.77. The van der Waals surface area contributed by atoms with Gasteiger partial charge in [-0.2, -0.15) is 0 Å². The van der Waals surface area contributed by atoms with Crippen molar-refractivity contribution in [2.45, 2.75) is 39.5 Å². The number of benzene rings is 1. The molecule has 0 spiro atoms. The van der Waals surface area contributed by atoms with Crippen molar-refractivity contribution < 1.29 is 4.74 Å². The Morgan fingerprint density at radius 2 is 1.94 bits per heavy atom. The van der Waals surface area contributed by atoms with E-state index in [4.69, 9.17) is 4.74 Å². The molecule has 2 nitrogen and oxygen atoms in total. The summed E-state index contributed by atoms with van der Waals surface area (Å²) in [7, 11) is 0. The molecule has 0 amide bonds. The summed E-state index contributed by atoms with van der Waals surface area (Å²) in [6.45, 7) is 9.36. The zero-order valence-corrected chi connectivity index (χ0v) is 11.3. The van der Waals surface area contributed by atoms with Crippen molar-refractivity contribution >= 4 is 0 Å². The van der Waals surface area contributed by atoms with Gasteiger partial charge in [0.2, 0.25) is 0 Å². The Hall–Kier alpha value is -1.02. The highest BCUT2D eigenvalue weighted by Gasteiger charge is 2.08. The molecule has 1 atom stereocenters. The van der Waals surface area contributed by atoms with Crippen LogP contribution in [0.2, 0.25) is 0 Å². The molecule has 2 heteroatoms. The molecule has 0 radical (unpaired) electrons. The number of ether oxygens (including phenoxy) is 1. The molecule has 0 aliphatic heterocycles. The normalized spacial score (nSPS) is 12.4. The lowest BCUT2D eigenvalue weighted by Crippen LogP contribution is -2.21. The maximum Gasteiger partial charge on any atom is 0.122 e. The third kappa shape index (κ3) is 4.78. The van der Waals surface area contributed by atoms with E-state index in [0.717, 1.165) is 31.9 Å². The van der Waals surface area contributed by atoms with Crippen molar-refractivity contribution in [2.75, 3.05) is 19.7 Å². The van der Waals surface area contributed by atoms with Crippen LogP contribution in [0.4, 0.5) is 0 Å². The Bertz CT molecular complexity index is 312. The van der Waals surface area contributed by atoms with Crippen molar-refractivity contribution in [2.24, 2.45) is 0 Å². The summed E-state index contributed by atoms with van der Waals surface area (Å²) >= 11 is 0. The monoisotopic (exact) mass is 235 g/mol. The predicted molar refractivity (Wildman–Crippen MR) is 73.8 cm³/mol. The highest BCUT2D eigenvalue weighted by Crippen LogP contribution is 2.28. The second kappa shape index (κ2) is 8.13. The van der Waals surface area contributed by atoms with Crippen LogP contribution in [0.1, 0.15) is 45.1 Å². The minimum Gasteiger partial charge on any atom is -0.492 e. The van der Waals surface area contributed by atoms with Gasteiger partial charge in [0.25, 0.3) is 0 Å². The molecule has 1 aromatic rings. The molecule has 1 N–H and O–H groups in total. The molecule has 0 fully saturated rings. The largest absolute Gasteiger partial charge is 0.492 e. The van der Waals surface area contributed by atoms with E-state index in [-0.39, 0.29) is 0 Å². The first kappa shape index (κ1) is 14.0. The predicted octanol–water partition coefficient (Wildman–Crippen LogP) is 3.58. The number of para-hydroxylation sites is 1. The van der Waals surface area contributed by atoms with Gasteiger partial charge >= 0.3 is 0 Å². The van der Waals surface area contributed by atoms with E-state index in [1.54, 1.807) is 0 Å². The summed E-state index contributed by atoms with van der Waals surface area (Å²) in [4.78, 5) is 0. The van der Waals surface area contributed by atoms with Crippen LogP contribution in [0.5, 0.6) is 5.75 Å². The number of rotatable bonds is 8. The molecule has 0 saturated heterocycles. The molecule has 96 valence electrons. The molecule has 0 saturated carbocycles. The van der Waals surface area contributed by atoms with Crippen molar-refractivity contribution in [3.05, 3.63) is 29.8 Å². The molecule has 1 unspecified atom stereocenters. The zero-order valence-electron chi connectivity index (χ0n) is 11.3. The van der Waals surface area contributed by atoms with Crippen LogP contribution in [0.25, 0.3) is 0 Å². The number of nitrogens with one attached hydrogen (secondary N) is 1. The van der Waals surface area contributed by atoms with Gasteiger partial charge in [0.15, 0.2) is 0 Å². The van der Waals surface area contributed by atoms with Crippen LogP contribution in [0.15, 0.2) is 24.3 Å². The Morgan fingerprint density at radius 1 is 1.18 bits per heavy atom. The number of hydrogen-bond acceptors (Lipinski definition) is 2. The van der Waals surface area contributed by atoms with E-state index in [9.17, 15) is 0 Å². The minimum atomic E-state index is 0.565. The average Bonchev–Trinajstić information content (AvgIpc) is 2.38. The summed E-state index contributed by atoms with van der Waals surface area (Å²) in [5.41, 5.74) is 1.32. The summed E-state index contributed by atoms with van der Waals surface area (Å²) in [6, 6.07) is 8.37. The van der Waals surface area contributed by atoms with Crippen molar-refractivity contribution in [3.8, 4) is 5.75 Å². The van der Waals surface area contributed by atoms with Crippen LogP contribution in [-0.2, 0) is 0 Å². The van der Waals surface area contributed by atoms with E-state index in [1.807, 2.05) is 6.07 Å². The molecule has 0 aromatic heterocycles. The molecule has 0 aliphatic carbocycles. The topological polar surface area (TPSA) is 21.3 Å². The van der Waals surface area contributed by atoms with E-state index in [2.05, 4.69) is 44.3 Å². The first-order valence-electron chi connectivity index (χ1n) is 6.72. The van der Waals surface area contributed by atoms with Crippen molar-refractivity contribution in [3.63, 3.8) is 0 Å². The van der Waals surface area contributed by atoms with E-state index in [0.29, 0.717) is 5.92 Å². The quantitative estimate of drug-likeness (QED) is 0.695. The first-order chi connectivity index (χ1) is 8.29. The van der Waals surface area contributed by atoms with Crippen LogP contribution < -0.4 is 10.1 Å². The third-order valence-electron chi connectivity index (χ3n) is 3.03. The molecule has 1 aromatic carbocycles. The average molecular weight is 235 g/mol. The lowest BCUT2D eigenvalue weighted by atomic mass is 9.98. The molecular weight excluding hydrogens is 210 g/mol. The summed E-state index contributed by atoms with van der Waals surface area (Å²) < 4.78 is 5.84. The molecular formula is C15H25NO. The minimum absolute atomic E-state index is 0.565. The van der Waals surface area contributed by atoms with Gasteiger partial charge in [-0.3, -0.25) is 0 Å². The highest BCUT2D eigenvalue weighted by molar-refractivity contribution is 5.35. The molecule has 0 aliphatic rings. The zero-order chi connectivity index (χ0) is 12.5. The Kier molecular flexibility index (Phi) is 6.71. The van der Waals surface area contributed by atoms with Gasteiger partial charge in [-0.1, -0.05) is 39.0 Å². The van der Waals surface area contributed by atoms with Crippen molar-refractivity contribution in [1.29, 1.82) is 0 Å². The summed E-state index contributed by atoms with van der Waals surface area (Å²) in [5, 5.41) is 3.34. The molecule has 0 bridgehead atoms. The van der Waals surface area contributed by atoms with E-state index in [1.165, 1.54) is 12.0 Å². The number of hydrogen-bond donors (Lipinski definition) is 1. The van der Waals surface area contributed by atoms with Crippen LogP contribution in [-0.4, -0.2) is 19.7 Å². The molecule has 0 heterocycles. The Labute approximate surface area is 105 Å². The first-order valence-corrected chi connectivity index (χ1v) is 6.72. The van der Waals surface area contributed by atoms with Crippen LogP contribution in [0.3, 0.4) is 0 Å². The van der Waals surface area contributed by atoms with Gasteiger partial charge in [0.1, 0.15) is 12.4 Å². The van der Waals surface area contributed by atoms with E-state index >= 15 is 0 Å². The van der Waals surface area contributed by atoms with Gasteiger partial charge in [-0.15, -0.1) is 0 Å². The SMILES string of the molecule is CCCNCCOc1ccccc1C(C)CC. The molecule has 1 rings (SSSR count). The second-order valence-electron chi connectivity index (χ2n) is 4.45. The van der Waals surface area contributed by atoms with Gasteiger partial charge in [-0.25, -0.2) is 0 Å². The summed E-state index contributed by atoms with van der Waals surface area (Å²) in [6.07, 6.45) is 2.32. The maximum atomic E-state index is 5.84. The van der Waals surface area contributed by atoms with Gasteiger partial charge in [0.05, 0.1) is 0 Å². The Balaban J connectivity index is 2.46. The van der Waals surface area contributed by atoms with Gasteiger partial charge in [-0.05, 0) is 36.9 Å². The third-order valence-corrected chi connectivity index (χ3v) is 3.03. The van der Waals surface area contributed by atoms with E-state index < -0.39 is 0 Å². The lowest BCUT2D eigenvalue weighted by Gasteiger charge is -2.15. The second-order valence-corrected chi connectivity index (χ2v) is 4.45. The van der Waals surface area contributed by atoms with Gasteiger partial charge in [0, 0.05) is 6.54 Å². The maximum absolute atomic E-state index is 5.84. The Morgan fingerprint density at radius 3 is 2.65 bits per heavy atom. The molecule has 17 heavy (non-hydrogen) atoms. The summed E-state index contributed by atoms with van der Waals surface area (Å²) in [5.74, 6) is 1.61.